The third kappa shape index (κ3) is 1.46. The maximum absolute atomic E-state index is 12.3. The number of aromatic amines is 1. The minimum Gasteiger partial charge on any atom is -0.360 e. The summed E-state index contributed by atoms with van der Waals surface area (Å²) < 4.78 is 37.0. The van der Waals surface area contributed by atoms with Crippen molar-refractivity contribution in [1.82, 2.24) is 4.98 Å². The predicted molar refractivity (Wildman–Crippen MR) is 48.3 cm³/mol. The van der Waals surface area contributed by atoms with Gasteiger partial charge in [0, 0.05) is 11.6 Å². The lowest BCUT2D eigenvalue weighted by molar-refractivity contribution is -0.137. The van der Waals surface area contributed by atoms with Crippen LogP contribution in [0, 0.1) is 0 Å². The van der Waals surface area contributed by atoms with Crippen molar-refractivity contribution in [3.63, 3.8) is 0 Å². The van der Waals surface area contributed by atoms with Crippen molar-refractivity contribution in [3.8, 4) is 0 Å². The van der Waals surface area contributed by atoms with E-state index in [1.54, 1.807) is 12.3 Å². The van der Waals surface area contributed by atoms with Gasteiger partial charge >= 0.3 is 6.18 Å². The van der Waals surface area contributed by atoms with Gasteiger partial charge in [-0.25, -0.2) is 0 Å². The number of aromatic nitrogens is 1. The molecule has 0 bridgehead atoms. The Morgan fingerprint density at radius 2 is 1.93 bits per heavy atom. The highest BCUT2D eigenvalue weighted by Gasteiger charge is 2.31. The lowest BCUT2D eigenvalue weighted by atomic mass is 10.1. The molecule has 1 aromatic heterocycles. The number of benzene rings is 1. The molecule has 0 amide bonds. The van der Waals surface area contributed by atoms with Gasteiger partial charge in [-0.05, 0) is 18.2 Å². The third-order valence-electron chi connectivity index (χ3n) is 1.94. The van der Waals surface area contributed by atoms with Crippen LogP contribution in [0.15, 0.2) is 24.4 Å². The summed E-state index contributed by atoms with van der Waals surface area (Å²) in [6, 6.07) is 3.54. The number of H-pyrrole nitrogens is 1. The van der Waals surface area contributed by atoms with Crippen LogP contribution in [-0.2, 0) is 6.18 Å². The Hall–Kier alpha value is -1.16. The molecule has 0 spiro atoms. The molecule has 0 saturated heterocycles. The SMILES string of the molecule is FC(F)(F)c1cc(Cl)c2[nH]ccc2c1. The molecular formula is C9H5ClF3N. The lowest BCUT2D eigenvalue weighted by Crippen LogP contribution is -2.04. The maximum Gasteiger partial charge on any atom is 0.416 e. The highest BCUT2D eigenvalue weighted by molar-refractivity contribution is 6.35. The molecule has 74 valence electrons. The van der Waals surface area contributed by atoms with Crippen LogP contribution in [-0.4, -0.2) is 4.98 Å². The molecule has 0 fully saturated rings. The molecule has 0 aliphatic rings. The summed E-state index contributed by atoms with van der Waals surface area (Å²) in [5.74, 6) is 0. The first-order valence-corrected chi connectivity index (χ1v) is 4.20. The number of fused-ring (bicyclic) bond motifs is 1. The number of hydrogen-bond donors (Lipinski definition) is 1. The minimum atomic E-state index is -4.35. The van der Waals surface area contributed by atoms with Crippen molar-refractivity contribution in [2.75, 3.05) is 0 Å². The van der Waals surface area contributed by atoms with Gasteiger partial charge in [-0.15, -0.1) is 0 Å². The second-order valence-electron chi connectivity index (χ2n) is 2.90. The average Bonchev–Trinajstić information content (AvgIpc) is 2.50. The van der Waals surface area contributed by atoms with Crippen LogP contribution in [0.5, 0.6) is 0 Å². The second kappa shape index (κ2) is 2.92. The van der Waals surface area contributed by atoms with Crippen LogP contribution in [0.25, 0.3) is 10.9 Å². The maximum atomic E-state index is 12.3. The van der Waals surface area contributed by atoms with Crippen LogP contribution in [0.3, 0.4) is 0 Å². The summed E-state index contributed by atoms with van der Waals surface area (Å²) >= 11 is 5.68. The summed E-state index contributed by atoms with van der Waals surface area (Å²) in [4.78, 5) is 2.77. The van der Waals surface area contributed by atoms with E-state index in [-0.39, 0.29) is 5.02 Å². The smallest absolute Gasteiger partial charge is 0.360 e. The first-order valence-electron chi connectivity index (χ1n) is 3.82. The van der Waals surface area contributed by atoms with Crippen molar-refractivity contribution in [2.45, 2.75) is 6.18 Å². The van der Waals surface area contributed by atoms with E-state index in [2.05, 4.69) is 4.98 Å². The number of halogens is 4. The van der Waals surface area contributed by atoms with E-state index in [1.165, 1.54) is 0 Å². The highest BCUT2D eigenvalue weighted by Crippen LogP contribution is 2.34. The number of rotatable bonds is 0. The molecule has 5 heteroatoms. The van der Waals surface area contributed by atoms with E-state index in [4.69, 9.17) is 11.6 Å². The molecule has 0 atom stereocenters. The topological polar surface area (TPSA) is 15.8 Å². The van der Waals surface area contributed by atoms with E-state index in [0.29, 0.717) is 10.9 Å². The Bertz CT molecular complexity index is 472. The fraction of sp³-hybridized carbons (Fsp3) is 0.111. The molecule has 0 radical (unpaired) electrons. The lowest BCUT2D eigenvalue weighted by Gasteiger charge is -2.07. The summed E-state index contributed by atoms with van der Waals surface area (Å²) in [5.41, 5.74) is -0.200. The normalized spacial score (nSPS) is 12.3. The Morgan fingerprint density at radius 1 is 1.21 bits per heavy atom. The largest absolute Gasteiger partial charge is 0.416 e. The van der Waals surface area contributed by atoms with E-state index >= 15 is 0 Å². The Kier molecular flexibility index (Phi) is 1.96. The average molecular weight is 220 g/mol. The molecular weight excluding hydrogens is 215 g/mol. The summed E-state index contributed by atoms with van der Waals surface area (Å²) in [7, 11) is 0. The van der Waals surface area contributed by atoms with Crippen molar-refractivity contribution >= 4 is 22.5 Å². The monoisotopic (exact) mass is 219 g/mol. The highest BCUT2D eigenvalue weighted by atomic mass is 35.5. The molecule has 1 nitrogen and oxygen atoms in total. The van der Waals surface area contributed by atoms with Gasteiger partial charge in [0.05, 0.1) is 16.1 Å². The number of nitrogens with one attached hydrogen (secondary N) is 1. The molecule has 1 N–H and O–H groups in total. The van der Waals surface area contributed by atoms with E-state index < -0.39 is 11.7 Å². The Balaban J connectivity index is 2.70. The first kappa shape index (κ1) is 9.40. The van der Waals surface area contributed by atoms with E-state index in [9.17, 15) is 13.2 Å². The summed E-state index contributed by atoms with van der Waals surface area (Å²) in [5, 5.41) is 0.546. The zero-order chi connectivity index (χ0) is 10.3. The molecule has 0 saturated carbocycles. The quantitative estimate of drug-likeness (QED) is 0.693. The molecule has 2 aromatic rings. The van der Waals surface area contributed by atoms with Gasteiger partial charge in [0.25, 0.3) is 0 Å². The molecule has 0 aliphatic carbocycles. The molecule has 1 aromatic carbocycles. The third-order valence-corrected chi connectivity index (χ3v) is 2.24. The van der Waals surface area contributed by atoms with Gasteiger partial charge in [-0.2, -0.15) is 13.2 Å². The van der Waals surface area contributed by atoms with Gasteiger partial charge < -0.3 is 4.98 Å². The Labute approximate surface area is 82.5 Å². The van der Waals surface area contributed by atoms with Gasteiger partial charge in [-0.3, -0.25) is 0 Å². The van der Waals surface area contributed by atoms with Crippen LogP contribution >= 0.6 is 11.6 Å². The Morgan fingerprint density at radius 3 is 2.57 bits per heavy atom. The van der Waals surface area contributed by atoms with Gasteiger partial charge in [0.1, 0.15) is 0 Å². The standard InChI is InChI=1S/C9H5ClF3N/c10-7-4-6(9(11,12)13)3-5-1-2-14-8(5)7/h1-4,14H. The molecule has 0 aliphatic heterocycles. The zero-order valence-electron chi connectivity index (χ0n) is 6.82. The van der Waals surface area contributed by atoms with Gasteiger partial charge in [0.15, 0.2) is 0 Å². The van der Waals surface area contributed by atoms with Crippen LogP contribution in [0.2, 0.25) is 5.02 Å². The fourth-order valence-electron chi connectivity index (χ4n) is 1.29. The van der Waals surface area contributed by atoms with Crippen LogP contribution in [0.1, 0.15) is 5.56 Å². The van der Waals surface area contributed by atoms with Crippen molar-refractivity contribution < 1.29 is 13.2 Å². The molecule has 1 heterocycles. The van der Waals surface area contributed by atoms with Crippen LogP contribution < -0.4 is 0 Å². The fourth-order valence-corrected chi connectivity index (χ4v) is 1.57. The number of hydrogen-bond acceptors (Lipinski definition) is 0. The van der Waals surface area contributed by atoms with Gasteiger partial charge in [-0.1, -0.05) is 11.6 Å². The van der Waals surface area contributed by atoms with Crippen molar-refractivity contribution in [2.24, 2.45) is 0 Å². The van der Waals surface area contributed by atoms with Crippen LogP contribution in [0.4, 0.5) is 13.2 Å². The first-order chi connectivity index (χ1) is 6.48. The van der Waals surface area contributed by atoms with Gasteiger partial charge in [0.2, 0.25) is 0 Å². The van der Waals surface area contributed by atoms with Crippen molar-refractivity contribution in [3.05, 3.63) is 35.0 Å². The minimum absolute atomic E-state index is 0.0832. The summed E-state index contributed by atoms with van der Waals surface area (Å²) in [6.45, 7) is 0. The predicted octanol–water partition coefficient (Wildman–Crippen LogP) is 3.84. The van der Waals surface area contributed by atoms with E-state index in [0.717, 1.165) is 12.1 Å². The zero-order valence-corrected chi connectivity index (χ0v) is 7.58. The molecule has 14 heavy (non-hydrogen) atoms. The number of alkyl halides is 3. The van der Waals surface area contributed by atoms with E-state index in [1.807, 2.05) is 0 Å². The summed E-state index contributed by atoms with van der Waals surface area (Å²) in [6.07, 6.45) is -2.80. The van der Waals surface area contributed by atoms with Crippen molar-refractivity contribution in [1.29, 1.82) is 0 Å². The second-order valence-corrected chi connectivity index (χ2v) is 3.30. The molecule has 0 unspecified atom stereocenters. The molecule has 2 rings (SSSR count).